The molecule has 0 amide bonds. The van der Waals surface area contributed by atoms with Crippen LogP contribution in [0.15, 0.2) is 11.0 Å². The third-order valence-electron chi connectivity index (χ3n) is 5.17. The molecule has 0 aliphatic carbocycles. The molecule has 1 aromatic rings. The quantitative estimate of drug-likeness (QED) is 0.856. The standard InChI is InChI=1S/C17H28N2O2S/c1-6-19-9-7-8-16(19)11-18-22(20,21)17-14(4)12(2)10-13(3)15(17)5/h10,16,18H,6-9,11H2,1-5H3/p+1/t16-/m1/s1. The Morgan fingerprint density at radius 1 is 1.18 bits per heavy atom. The number of hydrogen-bond acceptors (Lipinski definition) is 2. The zero-order valence-corrected chi connectivity index (χ0v) is 15.2. The van der Waals surface area contributed by atoms with E-state index in [0.29, 0.717) is 17.5 Å². The predicted molar refractivity (Wildman–Crippen MR) is 90.0 cm³/mol. The first-order valence-electron chi connectivity index (χ1n) is 8.19. The maximum absolute atomic E-state index is 12.8. The van der Waals surface area contributed by atoms with E-state index in [9.17, 15) is 8.42 Å². The van der Waals surface area contributed by atoms with E-state index in [1.54, 1.807) is 0 Å². The molecule has 1 saturated heterocycles. The van der Waals surface area contributed by atoms with Gasteiger partial charge in [0.1, 0.15) is 6.04 Å². The lowest BCUT2D eigenvalue weighted by Crippen LogP contribution is -3.14. The first kappa shape index (κ1) is 17.4. The molecule has 1 fully saturated rings. The molecule has 1 unspecified atom stereocenters. The number of sulfonamides is 1. The SMILES string of the molecule is CC[NH+]1CCC[C@@H]1CNS(=O)(=O)c1c(C)c(C)cc(C)c1C. The van der Waals surface area contributed by atoms with Crippen molar-refractivity contribution < 1.29 is 13.3 Å². The molecule has 22 heavy (non-hydrogen) atoms. The molecule has 0 saturated carbocycles. The van der Waals surface area contributed by atoms with Gasteiger partial charge in [-0.3, -0.25) is 0 Å². The lowest BCUT2D eigenvalue weighted by atomic mass is 10.0. The molecule has 4 nitrogen and oxygen atoms in total. The summed E-state index contributed by atoms with van der Waals surface area (Å²) in [6.45, 7) is 12.7. The molecule has 1 heterocycles. The second kappa shape index (κ2) is 6.69. The van der Waals surface area contributed by atoms with Crippen molar-refractivity contribution in [1.29, 1.82) is 0 Å². The highest BCUT2D eigenvalue weighted by molar-refractivity contribution is 7.89. The lowest BCUT2D eigenvalue weighted by molar-refractivity contribution is -0.909. The fourth-order valence-corrected chi connectivity index (χ4v) is 5.25. The molecule has 0 spiro atoms. The van der Waals surface area contributed by atoms with Crippen molar-refractivity contribution in [3.63, 3.8) is 0 Å². The van der Waals surface area contributed by atoms with Gasteiger partial charge in [-0.2, -0.15) is 0 Å². The van der Waals surface area contributed by atoms with Crippen LogP contribution >= 0.6 is 0 Å². The highest BCUT2D eigenvalue weighted by Crippen LogP contribution is 2.25. The van der Waals surface area contributed by atoms with E-state index < -0.39 is 10.0 Å². The van der Waals surface area contributed by atoms with Crippen LogP contribution in [0, 0.1) is 27.7 Å². The Labute approximate surface area is 135 Å². The monoisotopic (exact) mass is 325 g/mol. The summed E-state index contributed by atoms with van der Waals surface area (Å²) in [5.74, 6) is 0. The summed E-state index contributed by atoms with van der Waals surface area (Å²) in [5, 5.41) is 0. The van der Waals surface area contributed by atoms with Crippen LogP contribution in [-0.2, 0) is 10.0 Å². The van der Waals surface area contributed by atoms with E-state index in [4.69, 9.17) is 0 Å². The van der Waals surface area contributed by atoms with Gasteiger partial charge in [0.15, 0.2) is 0 Å². The van der Waals surface area contributed by atoms with Gasteiger partial charge in [-0.25, -0.2) is 13.1 Å². The average Bonchev–Trinajstić information content (AvgIpc) is 2.90. The van der Waals surface area contributed by atoms with Gasteiger partial charge in [-0.1, -0.05) is 6.07 Å². The fraction of sp³-hybridized carbons (Fsp3) is 0.647. The van der Waals surface area contributed by atoms with Crippen molar-refractivity contribution in [2.24, 2.45) is 0 Å². The van der Waals surface area contributed by atoms with Gasteiger partial charge in [0.25, 0.3) is 0 Å². The smallest absolute Gasteiger partial charge is 0.241 e. The maximum Gasteiger partial charge on any atom is 0.241 e. The zero-order valence-electron chi connectivity index (χ0n) is 14.4. The normalized spacial score (nSPS) is 22.2. The number of likely N-dealkylation sites (N-methyl/N-ethyl adjacent to an activating group) is 1. The maximum atomic E-state index is 12.8. The molecule has 0 aromatic heterocycles. The van der Waals surface area contributed by atoms with Crippen LogP contribution < -0.4 is 9.62 Å². The Morgan fingerprint density at radius 3 is 2.32 bits per heavy atom. The van der Waals surface area contributed by atoms with E-state index in [0.717, 1.165) is 41.8 Å². The van der Waals surface area contributed by atoms with Crippen molar-refractivity contribution in [2.45, 2.75) is 58.4 Å². The van der Waals surface area contributed by atoms with Crippen LogP contribution in [0.2, 0.25) is 0 Å². The third kappa shape index (κ3) is 3.36. The van der Waals surface area contributed by atoms with Crippen molar-refractivity contribution in [1.82, 2.24) is 4.72 Å². The van der Waals surface area contributed by atoms with Crippen LogP contribution in [0.1, 0.15) is 42.0 Å². The average molecular weight is 325 g/mol. The predicted octanol–water partition coefficient (Wildman–Crippen LogP) is 1.27. The zero-order chi connectivity index (χ0) is 16.5. The summed E-state index contributed by atoms with van der Waals surface area (Å²) >= 11 is 0. The number of rotatable bonds is 5. The van der Waals surface area contributed by atoms with E-state index in [1.807, 2.05) is 27.7 Å². The first-order valence-corrected chi connectivity index (χ1v) is 9.68. The Hall–Kier alpha value is -0.910. The van der Waals surface area contributed by atoms with Crippen LogP contribution in [0.5, 0.6) is 0 Å². The molecule has 1 aliphatic rings. The van der Waals surface area contributed by atoms with Gasteiger partial charge in [-0.15, -0.1) is 0 Å². The summed E-state index contributed by atoms with van der Waals surface area (Å²) in [6.07, 6.45) is 2.30. The summed E-state index contributed by atoms with van der Waals surface area (Å²) in [6, 6.07) is 2.47. The Kier molecular flexibility index (Phi) is 5.30. The highest BCUT2D eigenvalue weighted by atomic mass is 32.2. The Balaban J connectivity index is 2.24. The van der Waals surface area contributed by atoms with Crippen molar-refractivity contribution >= 4 is 10.0 Å². The number of nitrogens with one attached hydrogen (secondary N) is 2. The van der Waals surface area contributed by atoms with Gasteiger partial charge in [0, 0.05) is 12.8 Å². The van der Waals surface area contributed by atoms with E-state index in [1.165, 1.54) is 11.3 Å². The molecular weight excluding hydrogens is 296 g/mol. The molecule has 1 aromatic carbocycles. The van der Waals surface area contributed by atoms with Crippen LogP contribution in [0.4, 0.5) is 0 Å². The summed E-state index contributed by atoms with van der Waals surface area (Å²) < 4.78 is 28.5. The molecule has 2 N–H and O–H groups in total. The van der Waals surface area contributed by atoms with Gasteiger partial charge >= 0.3 is 0 Å². The van der Waals surface area contributed by atoms with Gasteiger partial charge < -0.3 is 4.90 Å². The highest BCUT2D eigenvalue weighted by Gasteiger charge is 2.29. The Bertz CT molecular complexity index is 627. The van der Waals surface area contributed by atoms with Gasteiger partial charge in [0.05, 0.1) is 24.5 Å². The minimum Gasteiger partial charge on any atom is -0.332 e. The van der Waals surface area contributed by atoms with Crippen LogP contribution in [0.25, 0.3) is 0 Å². The van der Waals surface area contributed by atoms with Crippen LogP contribution in [0.3, 0.4) is 0 Å². The second-order valence-corrected chi connectivity index (χ2v) is 8.25. The molecule has 2 rings (SSSR count). The summed E-state index contributed by atoms with van der Waals surface area (Å²) in [7, 11) is -3.45. The molecular formula is C17H29N2O2S+. The molecule has 0 bridgehead atoms. The number of benzene rings is 1. The number of hydrogen-bond donors (Lipinski definition) is 2. The molecule has 2 atom stereocenters. The summed E-state index contributed by atoms with van der Waals surface area (Å²) in [5.41, 5.74) is 3.79. The Morgan fingerprint density at radius 2 is 1.77 bits per heavy atom. The van der Waals surface area contributed by atoms with E-state index in [2.05, 4.69) is 17.7 Å². The number of quaternary nitrogens is 1. The molecule has 5 heteroatoms. The molecule has 0 radical (unpaired) electrons. The van der Waals surface area contributed by atoms with Crippen LogP contribution in [-0.4, -0.2) is 34.1 Å². The topological polar surface area (TPSA) is 50.6 Å². The van der Waals surface area contributed by atoms with Crippen molar-refractivity contribution in [3.8, 4) is 0 Å². The first-order chi connectivity index (χ1) is 10.3. The number of aryl methyl sites for hydroxylation is 2. The third-order valence-corrected chi connectivity index (χ3v) is 6.86. The molecule has 1 aliphatic heterocycles. The molecule has 124 valence electrons. The van der Waals surface area contributed by atoms with Crippen molar-refractivity contribution in [2.75, 3.05) is 19.6 Å². The minimum absolute atomic E-state index is 0.409. The fourth-order valence-electron chi connectivity index (χ4n) is 3.56. The second-order valence-electron chi connectivity index (χ2n) is 6.54. The number of likely N-dealkylation sites (tertiary alicyclic amines) is 1. The summed E-state index contributed by atoms with van der Waals surface area (Å²) in [4.78, 5) is 1.98. The van der Waals surface area contributed by atoms with Gasteiger partial charge in [0.2, 0.25) is 10.0 Å². The van der Waals surface area contributed by atoms with E-state index in [-0.39, 0.29) is 0 Å². The minimum atomic E-state index is -3.45. The lowest BCUT2D eigenvalue weighted by Gasteiger charge is -2.21. The van der Waals surface area contributed by atoms with Gasteiger partial charge in [-0.05, 0) is 56.9 Å². The van der Waals surface area contributed by atoms with Crippen molar-refractivity contribution in [3.05, 3.63) is 28.3 Å². The van der Waals surface area contributed by atoms with E-state index >= 15 is 0 Å². The largest absolute Gasteiger partial charge is 0.332 e.